The van der Waals surface area contributed by atoms with Crippen LogP contribution in [0.3, 0.4) is 0 Å². The van der Waals surface area contributed by atoms with E-state index in [1.54, 1.807) is 12.1 Å². The molecule has 4 fully saturated rings. The van der Waals surface area contributed by atoms with Crippen molar-refractivity contribution in [2.45, 2.75) is 101 Å². The summed E-state index contributed by atoms with van der Waals surface area (Å²) in [6.45, 7) is 3.77. The summed E-state index contributed by atoms with van der Waals surface area (Å²) >= 11 is 0. The molecular weight excluding hydrogens is 718 g/mol. The van der Waals surface area contributed by atoms with Crippen LogP contribution in [-0.4, -0.2) is 85.8 Å². The number of piperazine rings is 1. The Morgan fingerprint density at radius 1 is 1.04 bits per heavy atom. The van der Waals surface area contributed by atoms with Gasteiger partial charge in [-0.25, -0.2) is 28.1 Å². The fourth-order valence-corrected chi connectivity index (χ4v) is 10.4. The average Bonchev–Trinajstić information content (AvgIpc) is 3.91. The van der Waals surface area contributed by atoms with Gasteiger partial charge in [0.1, 0.15) is 48.6 Å². The molecule has 0 aliphatic carbocycles. The quantitative estimate of drug-likeness (QED) is 0.166. The molecule has 4 saturated heterocycles. The normalized spacial score (nSPS) is 26.1. The van der Waals surface area contributed by atoms with E-state index in [1.807, 2.05) is 12.1 Å². The van der Waals surface area contributed by atoms with Gasteiger partial charge in [0.2, 0.25) is 5.88 Å². The third-order valence-corrected chi connectivity index (χ3v) is 13.0. The van der Waals surface area contributed by atoms with Crippen molar-refractivity contribution >= 4 is 27.5 Å². The van der Waals surface area contributed by atoms with E-state index >= 15 is 8.78 Å². The lowest BCUT2D eigenvalue weighted by atomic mass is 9.93. The van der Waals surface area contributed by atoms with Gasteiger partial charge in [0.15, 0.2) is 5.82 Å². The van der Waals surface area contributed by atoms with E-state index in [0.717, 1.165) is 64.5 Å². The predicted octanol–water partition coefficient (Wildman–Crippen LogP) is 7.03. The molecule has 56 heavy (non-hydrogen) atoms. The number of aromatic nitrogens is 5. The summed E-state index contributed by atoms with van der Waals surface area (Å²) in [5.74, 6) is 2.27. The molecule has 0 amide bonds. The van der Waals surface area contributed by atoms with Crippen molar-refractivity contribution in [2.75, 3.05) is 31.2 Å². The van der Waals surface area contributed by atoms with Crippen molar-refractivity contribution < 1.29 is 22.6 Å². The Bertz CT molecular complexity index is 2410. The number of alkyl halides is 1. The van der Waals surface area contributed by atoms with Crippen LogP contribution in [0.1, 0.15) is 81.3 Å². The Morgan fingerprint density at radius 2 is 1.95 bits per heavy atom. The van der Waals surface area contributed by atoms with Crippen LogP contribution in [0, 0.1) is 24.0 Å². The van der Waals surface area contributed by atoms with Gasteiger partial charge in [-0.2, -0.15) is 9.97 Å². The smallest absolute Gasteiger partial charge is 0.319 e. The fraction of sp³-hybridized carbons (Fsp3) is 0.465. The lowest BCUT2D eigenvalue weighted by molar-refractivity contribution is 0.0674. The molecule has 5 aliphatic heterocycles. The second-order valence-electron chi connectivity index (χ2n) is 16.1. The zero-order valence-corrected chi connectivity index (χ0v) is 31.3. The van der Waals surface area contributed by atoms with E-state index in [0.29, 0.717) is 70.5 Å². The maximum absolute atomic E-state index is 17.4. The number of pyridine rings is 1. The van der Waals surface area contributed by atoms with Crippen LogP contribution >= 0.6 is 0 Å². The summed E-state index contributed by atoms with van der Waals surface area (Å²) in [6, 6.07) is 9.44. The average molecular weight is 761 g/mol. The zero-order valence-electron chi connectivity index (χ0n) is 31.3. The van der Waals surface area contributed by atoms with E-state index in [2.05, 4.69) is 31.0 Å². The number of rotatable bonds is 8. The number of nitrogens with zero attached hydrogens (tertiary/aromatic N) is 7. The standard InChI is InChI=1S/C43H43F3N8O2/c1-3-28-31(45)13-11-25-7-4-8-29(35(25)28)38-37(46)39-36-33(50-38)9-5-10-34-32-14-12-26(49-32)20-53(34)40(36)52-42(51-39)56-22-43-16-6-18-54(43)27(15-17-43)21-55-41-30(24(2)44)19-47-23-48-41/h1,4,7-8,11,13,19,23-24,26-27,32,34,49H,5-6,9-10,12,14-18,20-22H2,2H3/t24?,26-,27+,32+,34-,43+/m1/s1. The van der Waals surface area contributed by atoms with Crippen LogP contribution in [0.4, 0.5) is 19.0 Å². The largest absolute Gasteiger partial charge is 0.476 e. The highest BCUT2D eigenvalue weighted by molar-refractivity contribution is 6.02. The molecule has 1 N–H and O–H groups in total. The van der Waals surface area contributed by atoms with Crippen LogP contribution in [0.15, 0.2) is 42.9 Å². The number of benzene rings is 2. The number of hydrogen-bond acceptors (Lipinski definition) is 10. The first-order chi connectivity index (χ1) is 27.3. The highest BCUT2D eigenvalue weighted by Gasteiger charge is 2.50. The summed E-state index contributed by atoms with van der Waals surface area (Å²) in [5.41, 5.74) is 1.50. The molecule has 5 aromatic rings. The molecule has 8 heterocycles. The molecule has 2 aromatic carbocycles. The summed E-state index contributed by atoms with van der Waals surface area (Å²) in [4.78, 5) is 28.0. The summed E-state index contributed by atoms with van der Waals surface area (Å²) < 4.78 is 59.5. The van der Waals surface area contributed by atoms with Gasteiger partial charge < -0.3 is 19.7 Å². The molecule has 2 bridgehead atoms. The van der Waals surface area contributed by atoms with E-state index < -0.39 is 17.8 Å². The summed E-state index contributed by atoms with van der Waals surface area (Å²) in [7, 11) is 0. The number of nitrogens with one attached hydrogen (secondary N) is 1. The Balaban J connectivity index is 1.04. The molecule has 5 aliphatic rings. The molecule has 0 spiro atoms. The first kappa shape index (κ1) is 35.4. The molecule has 0 saturated carbocycles. The number of terminal acetylenes is 1. The highest BCUT2D eigenvalue weighted by atomic mass is 19.1. The molecule has 10 nitrogen and oxygen atoms in total. The maximum Gasteiger partial charge on any atom is 0.319 e. The number of aryl methyl sites for hydroxylation is 1. The van der Waals surface area contributed by atoms with Gasteiger partial charge >= 0.3 is 6.01 Å². The maximum atomic E-state index is 17.4. The van der Waals surface area contributed by atoms with Crippen molar-refractivity contribution in [1.29, 1.82) is 0 Å². The fourth-order valence-electron chi connectivity index (χ4n) is 10.4. The molecule has 288 valence electrons. The first-order valence-electron chi connectivity index (χ1n) is 19.9. The lowest BCUT2D eigenvalue weighted by Gasteiger charge is -2.43. The van der Waals surface area contributed by atoms with E-state index in [4.69, 9.17) is 30.8 Å². The van der Waals surface area contributed by atoms with Crippen LogP contribution in [0.25, 0.3) is 32.9 Å². The van der Waals surface area contributed by atoms with Gasteiger partial charge in [-0.15, -0.1) is 6.42 Å². The van der Waals surface area contributed by atoms with Crippen molar-refractivity contribution in [3.8, 4) is 35.5 Å². The van der Waals surface area contributed by atoms with E-state index in [1.165, 1.54) is 25.5 Å². The number of anilines is 1. The Labute approximate surface area is 323 Å². The van der Waals surface area contributed by atoms with Gasteiger partial charge in [-0.3, -0.25) is 4.90 Å². The molecule has 13 heteroatoms. The molecular formula is C43H43F3N8O2. The van der Waals surface area contributed by atoms with Crippen molar-refractivity contribution in [3.63, 3.8) is 0 Å². The zero-order chi connectivity index (χ0) is 38.1. The Morgan fingerprint density at radius 3 is 2.82 bits per heavy atom. The van der Waals surface area contributed by atoms with Gasteiger partial charge in [-0.1, -0.05) is 30.2 Å². The van der Waals surface area contributed by atoms with E-state index in [-0.39, 0.29) is 46.3 Å². The van der Waals surface area contributed by atoms with Gasteiger partial charge in [0.25, 0.3) is 0 Å². The number of fused-ring (bicyclic) bond motifs is 7. The predicted molar refractivity (Wildman–Crippen MR) is 206 cm³/mol. The Kier molecular flexibility index (Phi) is 8.74. The molecule has 6 atom stereocenters. The molecule has 1 unspecified atom stereocenters. The van der Waals surface area contributed by atoms with E-state index in [9.17, 15) is 4.39 Å². The Hall–Kier alpha value is -5.06. The topological polar surface area (TPSA) is 101 Å². The van der Waals surface area contributed by atoms with Crippen molar-refractivity contribution in [3.05, 3.63) is 71.3 Å². The summed E-state index contributed by atoms with van der Waals surface area (Å²) in [5, 5.41) is 5.56. The molecule has 3 aromatic heterocycles. The number of ether oxygens (including phenoxy) is 2. The van der Waals surface area contributed by atoms with Crippen molar-refractivity contribution in [2.24, 2.45) is 0 Å². The van der Waals surface area contributed by atoms with Crippen molar-refractivity contribution in [1.82, 2.24) is 35.1 Å². The molecule has 10 rings (SSSR count). The SMILES string of the molecule is C#Cc1c(F)ccc2cccc(-c3nc4c5c(nc(OC[C@@]67CCCN6[C@H](COc6ncncc6C(C)F)CC7)nc5c3F)N3C[C@H]5CC[C@H](N5)[C@H]3CCC4)c12. The van der Waals surface area contributed by atoms with Gasteiger partial charge in [0.05, 0.1) is 27.7 Å². The number of halogens is 3. The third-order valence-electron chi connectivity index (χ3n) is 13.0. The minimum atomic E-state index is -1.25. The lowest BCUT2D eigenvalue weighted by Crippen LogP contribution is -2.58. The minimum absolute atomic E-state index is 0.0729. The first-order valence-corrected chi connectivity index (χ1v) is 19.9. The molecule has 0 radical (unpaired) electrons. The number of hydrogen-bond donors (Lipinski definition) is 1. The summed E-state index contributed by atoms with van der Waals surface area (Å²) in [6.07, 6.45) is 15.7. The second kappa shape index (κ2) is 13.8. The second-order valence-corrected chi connectivity index (χ2v) is 16.1. The van der Waals surface area contributed by atoms with Crippen LogP contribution in [0.5, 0.6) is 11.9 Å². The van der Waals surface area contributed by atoms with Crippen LogP contribution in [0.2, 0.25) is 0 Å². The van der Waals surface area contributed by atoms with Gasteiger partial charge in [-0.05, 0) is 82.7 Å². The highest BCUT2D eigenvalue weighted by Crippen LogP contribution is 2.45. The van der Waals surface area contributed by atoms with Crippen LogP contribution < -0.4 is 19.7 Å². The third kappa shape index (κ3) is 5.74. The van der Waals surface area contributed by atoms with Crippen LogP contribution in [-0.2, 0) is 6.42 Å². The van der Waals surface area contributed by atoms with Gasteiger partial charge in [0, 0.05) is 47.9 Å². The monoisotopic (exact) mass is 760 g/mol. The minimum Gasteiger partial charge on any atom is -0.476 e.